The van der Waals surface area contributed by atoms with Gasteiger partial charge < -0.3 is 0 Å². The Kier molecular flexibility index (Phi) is 9.57. The van der Waals surface area contributed by atoms with Crippen LogP contribution in [-0.2, 0) is 14.3 Å². The highest BCUT2D eigenvalue weighted by Gasteiger charge is 2.33. The molecule has 7 heteroatoms. The minimum Gasteiger partial charge on any atom is -0.300 e. The smallest absolute Gasteiger partial charge is 0.297 e. The highest BCUT2D eigenvalue weighted by Crippen LogP contribution is 2.34. The van der Waals surface area contributed by atoms with Crippen LogP contribution >= 0.6 is 12.4 Å². The number of piperidine rings is 1. The number of halogens is 1. The van der Waals surface area contributed by atoms with E-state index in [-0.39, 0.29) is 35.2 Å². The van der Waals surface area contributed by atoms with E-state index in [1.54, 1.807) is 12.1 Å². The van der Waals surface area contributed by atoms with Crippen molar-refractivity contribution in [2.24, 2.45) is 0 Å². The van der Waals surface area contributed by atoms with Crippen molar-refractivity contribution in [3.05, 3.63) is 114 Å². The molecule has 0 saturated carbocycles. The topological polar surface area (TPSA) is 63.7 Å². The minimum absolute atomic E-state index is 0. The Labute approximate surface area is 237 Å². The molecular formula is C32H34ClNO4S. The van der Waals surface area contributed by atoms with Gasteiger partial charge in [0.2, 0.25) is 0 Å². The van der Waals surface area contributed by atoms with E-state index in [2.05, 4.69) is 4.90 Å². The first-order valence-corrected chi connectivity index (χ1v) is 14.6. The highest BCUT2D eigenvalue weighted by atomic mass is 35.5. The summed E-state index contributed by atoms with van der Waals surface area (Å²) < 4.78 is 32.9. The molecule has 5 rings (SSSR count). The monoisotopic (exact) mass is 563 g/mol. The number of Topliss-reactive ketones (excluding diaryl/α,β-unsaturated/α-hetero) is 1. The predicted molar refractivity (Wildman–Crippen MR) is 158 cm³/mol. The molecule has 204 valence electrons. The van der Waals surface area contributed by atoms with Gasteiger partial charge in [0.15, 0.2) is 5.78 Å². The average molecular weight is 564 g/mol. The maximum absolute atomic E-state index is 13.5. The summed E-state index contributed by atoms with van der Waals surface area (Å²) in [5.74, 6) is 0.137. The van der Waals surface area contributed by atoms with E-state index in [9.17, 15) is 13.2 Å². The quantitative estimate of drug-likeness (QED) is 0.159. The molecule has 0 spiro atoms. The summed E-state index contributed by atoms with van der Waals surface area (Å²) in [5, 5.41) is 1.83. The minimum atomic E-state index is -4.01. The molecule has 0 aromatic heterocycles. The number of nitrogens with zero attached hydrogens (tertiary/aromatic N) is 1. The van der Waals surface area contributed by atoms with Crippen LogP contribution in [-0.4, -0.2) is 38.2 Å². The summed E-state index contributed by atoms with van der Waals surface area (Å²) in [6, 6.07) is 31.9. The largest absolute Gasteiger partial charge is 0.300 e. The fourth-order valence-corrected chi connectivity index (χ4v) is 6.57. The number of ketones is 1. The zero-order valence-electron chi connectivity index (χ0n) is 22.0. The lowest BCUT2D eigenvalue weighted by Crippen LogP contribution is -2.45. The van der Waals surface area contributed by atoms with Crippen molar-refractivity contribution in [1.29, 1.82) is 0 Å². The van der Waals surface area contributed by atoms with Gasteiger partial charge in [-0.15, -0.1) is 12.4 Å². The molecule has 1 aliphatic rings. The number of hydrogen-bond acceptors (Lipinski definition) is 5. The fourth-order valence-electron chi connectivity index (χ4n) is 5.46. The van der Waals surface area contributed by atoms with Gasteiger partial charge in [-0.25, -0.2) is 0 Å². The highest BCUT2D eigenvalue weighted by molar-refractivity contribution is 7.86. The van der Waals surface area contributed by atoms with Crippen molar-refractivity contribution < 1.29 is 17.4 Å². The lowest BCUT2D eigenvalue weighted by Gasteiger charge is -2.40. The third kappa shape index (κ3) is 6.95. The lowest BCUT2D eigenvalue weighted by molar-refractivity contribution is 0.0626. The number of benzene rings is 4. The van der Waals surface area contributed by atoms with Crippen LogP contribution in [0.1, 0.15) is 54.1 Å². The van der Waals surface area contributed by atoms with Gasteiger partial charge >= 0.3 is 0 Å². The molecule has 1 fully saturated rings. The van der Waals surface area contributed by atoms with Gasteiger partial charge in [0.05, 0.1) is 4.90 Å². The Bertz CT molecular complexity index is 1490. The molecule has 0 aliphatic carbocycles. The zero-order chi connectivity index (χ0) is 26.5. The Balaban J connectivity index is 0.00000353. The standard InChI is InChI=1S/C32H33NO4S.ClH/c1-33-28(22-31(34)25-12-4-2-5-13-25)17-10-18-29(33)23-32(26-14-6-3-7-15-26)37-38(35,36)30-20-19-24-11-8-9-16-27(24)21-30;/h2-9,11-16,19-21,28-29,32H,10,17-18,22-23H2,1H3;1H. The predicted octanol–water partition coefficient (Wildman–Crippen LogP) is 7.22. The molecule has 0 radical (unpaired) electrons. The van der Waals surface area contributed by atoms with Crippen LogP contribution in [0, 0.1) is 0 Å². The molecule has 1 heterocycles. The second-order valence-corrected chi connectivity index (χ2v) is 11.7. The number of carbonyl (C=O) groups is 1. The molecule has 0 N–H and O–H groups in total. The van der Waals surface area contributed by atoms with Gasteiger partial charge in [-0.1, -0.05) is 97.4 Å². The molecule has 4 aromatic rings. The van der Waals surface area contributed by atoms with Crippen molar-refractivity contribution in [1.82, 2.24) is 4.90 Å². The molecule has 5 nitrogen and oxygen atoms in total. The van der Waals surface area contributed by atoms with Crippen molar-refractivity contribution in [2.45, 2.75) is 55.2 Å². The van der Waals surface area contributed by atoms with E-state index < -0.39 is 16.2 Å². The van der Waals surface area contributed by atoms with Crippen molar-refractivity contribution >= 4 is 39.1 Å². The lowest BCUT2D eigenvalue weighted by atomic mass is 9.88. The van der Waals surface area contributed by atoms with E-state index in [0.29, 0.717) is 12.8 Å². The van der Waals surface area contributed by atoms with E-state index in [1.807, 2.05) is 98.0 Å². The van der Waals surface area contributed by atoms with Crippen LogP contribution in [0.25, 0.3) is 10.8 Å². The Hall–Kier alpha value is -3.03. The number of hydrogen-bond donors (Lipinski definition) is 0. The number of rotatable bonds is 9. The van der Waals surface area contributed by atoms with Crippen LogP contribution < -0.4 is 0 Å². The van der Waals surface area contributed by atoms with Crippen LogP contribution in [0.3, 0.4) is 0 Å². The second-order valence-electron chi connectivity index (χ2n) is 10.1. The van der Waals surface area contributed by atoms with Crippen molar-refractivity contribution in [3.8, 4) is 0 Å². The van der Waals surface area contributed by atoms with E-state index in [1.165, 1.54) is 0 Å². The molecule has 1 aliphatic heterocycles. The van der Waals surface area contributed by atoms with Gasteiger partial charge in [-0.2, -0.15) is 8.42 Å². The normalized spacial score (nSPS) is 18.8. The third-order valence-electron chi connectivity index (χ3n) is 7.65. The first kappa shape index (κ1) is 29.0. The van der Waals surface area contributed by atoms with Crippen LogP contribution in [0.4, 0.5) is 0 Å². The summed E-state index contributed by atoms with van der Waals surface area (Å²) in [4.78, 5) is 15.3. The molecule has 3 unspecified atom stereocenters. The van der Waals surface area contributed by atoms with Gasteiger partial charge in [0.1, 0.15) is 6.10 Å². The number of carbonyl (C=O) groups excluding carboxylic acids is 1. The van der Waals surface area contributed by atoms with Crippen LogP contribution in [0.15, 0.2) is 108 Å². The number of fused-ring (bicyclic) bond motifs is 1. The molecule has 3 atom stereocenters. The van der Waals surface area contributed by atoms with Crippen LogP contribution in [0.2, 0.25) is 0 Å². The van der Waals surface area contributed by atoms with E-state index in [0.717, 1.165) is 41.2 Å². The zero-order valence-corrected chi connectivity index (χ0v) is 23.6. The summed E-state index contributed by atoms with van der Waals surface area (Å²) in [6.07, 6.45) is 3.18. The third-order valence-corrected chi connectivity index (χ3v) is 8.97. The summed E-state index contributed by atoms with van der Waals surface area (Å²) in [7, 11) is -1.96. The van der Waals surface area contributed by atoms with E-state index >= 15 is 0 Å². The molecule has 1 saturated heterocycles. The van der Waals surface area contributed by atoms with Gasteiger partial charge in [0, 0.05) is 24.1 Å². The Morgan fingerprint density at radius 2 is 1.46 bits per heavy atom. The second kappa shape index (κ2) is 12.9. The summed E-state index contributed by atoms with van der Waals surface area (Å²) in [6.45, 7) is 0. The van der Waals surface area contributed by atoms with Gasteiger partial charge in [-0.3, -0.25) is 13.9 Å². The molecule has 39 heavy (non-hydrogen) atoms. The maximum atomic E-state index is 13.5. The summed E-state index contributed by atoms with van der Waals surface area (Å²) in [5.41, 5.74) is 1.56. The van der Waals surface area contributed by atoms with Crippen molar-refractivity contribution in [2.75, 3.05) is 7.05 Å². The molecule has 4 aromatic carbocycles. The van der Waals surface area contributed by atoms with Crippen molar-refractivity contribution in [3.63, 3.8) is 0 Å². The molecule has 0 bridgehead atoms. The average Bonchev–Trinajstić information content (AvgIpc) is 2.95. The maximum Gasteiger partial charge on any atom is 0.297 e. The summed E-state index contributed by atoms with van der Waals surface area (Å²) >= 11 is 0. The first-order valence-electron chi connectivity index (χ1n) is 13.2. The Morgan fingerprint density at radius 3 is 2.18 bits per heavy atom. The van der Waals surface area contributed by atoms with E-state index in [4.69, 9.17) is 4.18 Å². The Morgan fingerprint density at radius 1 is 0.846 bits per heavy atom. The SMILES string of the molecule is CN1C(CC(=O)c2ccccc2)CCCC1CC(OS(=O)(=O)c1ccc2ccccc2c1)c1ccccc1.Cl. The van der Waals surface area contributed by atoms with Crippen LogP contribution in [0.5, 0.6) is 0 Å². The van der Waals surface area contributed by atoms with Gasteiger partial charge in [-0.05, 0) is 54.8 Å². The number of likely N-dealkylation sites (tertiary alicyclic amines) is 1. The fraction of sp³-hybridized carbons (Fsp3) is 0.281. The molecular weight excluding hydrogens is 530 g/mol. The first-order chi connectivity index (χ1) is 18.4. The van der Waals surface area contributed by atoms with Gasteiger partial charge in [0.25, 0.3) is 10.1 Å². The molecule has 0 amide bonds.